The van der Waals surface area contributed by atoms with E-state index in [0.29, 0.717) is 12.3 Å². The molecule has 0 aliphatic carbocycles. The molecule has 5 heteroatoms. The molecule has 1 heterocycles. The maximum absolute atomic E-state index is 9.98. The van der Waals surface area contributed by atoms with Crippen molar-refractivity contribution in [2.45, 2.75) is 26.9 Å². The summed E-state index contributed by atoms with van der Waals surface area (Å²) in [6.45, 7) is 5.42. The Hall–Kier alpha value is -2.17. The lowest BCUT2D eigenvalue weighted by Gasteiger charge is -2.09. The highest BCUT2D eigenvalue weighted by molar-refractivity contribution is 5.47. The lowest BCUT2D eigenvalue weighted by molar-refractivity contribution is 0.371. The zero-order chi connectivity index (χ0) is 13.8. The number of phenols is 1. The Labute approximate surface area is 112 Å². The highest BCUT2D eigenvalue weighted by Gasteiger charge is 2.08. The molecule has 0 unspecified atom stereocenters. The van der Waals surface area contributed by atoms with Crippen molar-refractivity contribution in [2.24, 2.45) is 0 Å². The number of rotatable bonds is 5. The SMILES string of the molecule is CCn1nc(NCc2cccc(OC)c2O)cc1C. The van der Waals surface area contributed by atoms with Crippen molar-refractivity contribution in [3.8, 4) is 11.5 Å². The number of hydrogen-bond donors (Lipinski definition) is 2. The Bertz CT molecular complexity index is 564. The normalized spacial score (nSPS) is 10.5. The first kappa shape index (κ1) is 13.3. The standard InChI is InChI=1S/C14H19N3O2/c1-4-17-10(2)8-13(16-17)15-9-11-6-5-7-12(19-3)14(11)18/h5-8,18H,4,9H2,1-3H3,(H,15,16). The van der Waals surface area contributed by atoms with Gasteiger partial charge in [0, 0.05) is 30.4 Å². The Morgan fingerprint density at radius 3 is 2.84 bits per heavy atom. The van der Waals surface area contributed by atoms with E-state index in [0.717, 1.165) is 23.6 Å². The molecule has 0 spiro atoms. The zero-order valence-corrected chi connectivity index (χ0v) is 11.5. The van der Waals surface area contributed by atoms with Crippen molar-refractivity contribution in [3.63, 3.8) is 0 Å². The number of aryl methyl sites for hydroxylation is 2. The average Bonchev–Trinajstić information content (AvgIpc) is 2.78. The molecule has 1 aromatic heterocycles. The molecule has 0 atom stereocenters. The first-order valence-electron chi connectivity index (χ1n) is 6.29. The molecule has 0 aliphatic heterocycles. The second-order valence-electron chi connectivity index (χ2n) is 4.31. The summed E-state index contributed by atoms with van der Waals surface area (Å²) in [6, 6.07) is 7.43. The van der Waals surface area contributed by atoms with E-state index in [2.05, 4.69) is 17.3 Å². The number of aromatic hydroxyl groups is 1. The molecule has 1 aromatic carbocycles. The van der Waals surface area contributed by atoms with Crippen molar-refractivity contribution < 1.29 is 9.84 Å². The third kappa shape index (κ3) is 2.81. The largest absolute Gasteiger partial charge is 0.504 e. The fourth-order valence-electron chi connectivity index (χ4n) is 1.98. The van der Waals surface area contributed by atoms with Crippen LogP contribution in [-0.4, -0.2) is 22.0 Å². The maximum Gasteiger partial charge on any atom is 0.162 e. The van der Waals surface area contributed by atoms with Gasteiger partial charge in [0.05, 0.1) is 7.11 Å². The number of nitrogens with one attached hydrogen (secondary N) is 1. The topological polar surface area (TPSA) is 59.3 Å². The summed E-state index contributed by atoms with van der Waals surface area (Å²) in [5, 5.41) is 17.6. The second kappa shape index (κ2) is 5.65. The van der Waals surface area contributed by atoms with Gasteiger partial charge in [0.2, 0.25) is 0 Å². The Morgan fingerprint density at radius 2 is 2.21 bits per heavy atom. The second-order valence-corrected chi connectivity index (χ2v) is 4.31. The number of para-hydroxylation sites is 1. The maximum atomic E-state index is 9.98. The molecule has 2 N–H and O–H groups in total. The summed E-state index contributed by atoms with van der Waals surface area (Å²) in [7, 11) is 1.54. The van der Waals surface area contributed by atoms with Crippen LogP contribution < -0.4 is 10.1 Å². The van der Waals surface area contributed by atoms with Gasteiger partial charge in [-0.1, -0.05) is 12.1 Å². The van der Waals surface area contributed by atoms with Crippen LogP contribution in [0.4, 0.5) is 5.82 Å². The van der Waals surface area contributed by atoms with Gasteiger partial charge in [-0.2, -0.15) is 5.10 Å². The van der Waals surface area contributed by atoms with Gasteiger partial charge in [-0.25, -0.2) is 0 Å². The van der Waals surface area contributed by atoms with Crippen LogP contribution in [0.15, 0.2) is 24.3 Å². The lowest BCUT2D eigenvalue weighted by atomic mass is 10.2. The van der Waals surface area contributed by atoms with Crippen LogP contribution in [0.1, 0.15) is 18.2 Å². The van der Waals surface area contributed by atoms with E-state index in [1.165, 1.54) is 0 Å². The first-order valence-corrected chi connectivity index (χ1v) is 6.29. The molecule has 0 amide bonds. The van der Waals surface area contributed by atoms with E-state index in [1.54, 1.807) is 13.2 Å². The van der Waals surface area contributed by atoms with E-state index >= 15 is 0 Å². The minimum absolute atomic E-state index is 0.171. The summed E-state index contributed by atoms with van der Waals surface area (Å²) in [4.78, 5) is 0. The molecular formula is C14H19N3O2. The van der Waals surface area contributed by atoms with Crippen molar-refractivity contribution in [3.05, 3.63) is 35.5 Å². The number of hydrogen-bond acceptors (Lipinski definition) is 4. The predicted octanol–water partition coefficient (Wildman–Crippen LogP) is 2.54. The monoisotopic (exact) mass is 261 g/mol. The molecular weight excluding hydrogens is 242 g/mol. The molecule has 102 valence electrons. The minimum atomic E-state index is 0.171. The molecule has 2 rings (SSSR count). The number of benzene rings is 1. The summed E-state index contributed by atoms with van der Waals surface area (Å²) in [6.07, 6.45) is 0. The summed E-state index contributed by atoms with van der Waals surface area (Å²) in [5.74, 6) is 1.46. The van der Waals surface area contributed by atoms with Gasteiger partial charge in [-0.15, -0.1) is 0 Å². The van der Waals surface area contributed by atoms with Crippen molar-refractivity contribution in [1.82, 2.24) is 9.78 Å². The summed E-state index contributed by atoms with van der Waals surface area (Å²) in [5.41, 5.74) is 1.89. The fraction of sp³-hybridized carbons (Fsp3) is 0.357. The molecule has 2 aromatic rings. The number of phenolic OH excluding ortho intramolecular Hbond substituents is 1. The Balaban J connectivity index is 2.10. The Kier molecular flexibility index (Phi) is 3.94. The van der Waals surface area contributed by atoms with E-state index in [4.69, 9.17) is 4.74 Å². The number of aromatic nitrogens is 2. The van der Waals surface area contributed by atoms with E-state index < -0.39 is 0 Å². The van der Waals surface area contributed by atoms with E-state index in [-0.39, 0.29) is 5.75 Å². The zero-order valence-electron chi connectivity index (χ0n) is 11.5. The molecule has 0 saturated heterocycles. The summed E-state index contributed by atoms with van der Waals surface area (Å²) < 4.78 is 7.01. The third-order valence-corrected chi connectivity index (χ3v) is 3.04. The predicted molar refractivity (Wildman–Crippen MR) is 74.6 cm³/mol. The van der Waals surface area contributed by atoms with Gasteiger partial charge in [0.25, 0.3) is 0 Å². The first-order chi connectivity index (χ1) is 9.15. The van der Waals surface area contributed by atoms with Crippen LogP contribution in [-0.2, 0) is 13.1 Å². The number of anilines is 1. The molecule has 0 aliphatic rings. The molecule has 0 bridgehead atoms. The molecule has 0 saturated carbocycles. The van der Waals surface area contributed by atoms with Gasteiger partial charge in [-0.05, 0) is 19.9 Å². The van der Waals surface area contributed by atoms with Gasteiger partial charge < -0.3 is 15.2 Å². The van der Waals surface area contributed by atoms with Gasteiger partial charge in [0.15, 0.2) is 11.5 Å². The van der Waals surface area contributed by atoms with Gasteiger partial charge >= 0.3 is 0 Å². The Morgan fingerprint density at radius 1 is 1.42 bits per heavy atom. The van der Waals surface area contributed by atoms with Crippen LogP contribution in [0.5, 0.6) is 11.5 Å². The van der Waals surface area contributed by atoms with Crippen molar-refractivity contribution in [2.75, 3.05) is 12.4 Å². The number of nitrogens with zero attached hydrogens (tertiary/aromatic N) is 2. The lowest BCUT2D eigenvalue weighted by Crippen LogP contribution is -2.03. The van der Waals surface area contributed by atoms with Crippen LogP contribution in [0.3, 0.4) is 0 Å². The van der Waals surface area contributed by atoms with Crippen LogP contribution in [0.2, 0.25) is 0 Å². The smallest absolute Gasteiger partial charge is 0.162 e. The molecule has 19 heavy (non-hydrogen) atoms. The number of methoxy groups -OCH3 is 1. The third-order valence-electron chi connectivity index (χ3n) is 3.04. The van der Waals surface area contributed by atoms with E-state index in [9.17, 15) is 5.11 Å². The van der Waals surface area contributed by atoms with Crippen LogP contribution in [0.25, 0.3) is 0 Å². The fourth-order valence-corrected chi connectivity index (χ4v) is 1.98. The number of ether oxygens (including phenoxy) is 1. The van der Waals surface area contributed by atoms with Crippen LogP contribution in [0, 0.1) is 6.92 Å². The average molecular weight is 261 g/mol. The highest BCUT2D eigenvalue weighted by atomic mass is 16.5. The van der Waals surface area contributed by atoms with E-state index in [1.807, 2.05) is 29.8 Å². The van der Waals surface area contributed by atoms with Crippen molar-refractivity contribution in [1.29, 1.82) is 0 Å². The minimum Gasteiger partial charge on any atom is -0.504 e. The highest BCUT2D eigenvalue weighted by Crippen LogP contribution is 2.29. The quantitative estimate of drug-likeness (QED) is 0.868. The van der Waals surface area contributed by atoms with Crippen LogP contribution >= 0.6 is 0 Å². The van der Waals surface area contributed by atoms with Gasteiger partial charge in [0.1, 0.15) is 5.82 Å². The van der Waals surface area contributed by atoms with Gasteiger partial charge in [-0.3, -0.25) is 4.68 Å². The van der Waals surface area contributed by atoms with Crippen molar-refractivity contribution >= 4 is 5.82 Å². The molecule has 0 fully saturated rings. The summed E-state index contributed by atoms with van der Waals surface area (Å²) >= 11 is 0. The molecule has 5 nitrogen and oxygen atoms in total. The molecule has 0 radical (unpaired) electrons.